The Morgan fingerprint density at radius 2 is 1.96 bits per heavy atom. The second-order valence-corrected chi connectivity index (χ2v) is 5.95. The van der Waals surface area contributed by atoms with Gasteiger partial charge in [0.05, 0.1) is 23.4 Å². The van der Waals surface area contributed by atoms with Crippen LogP contribution in [0.5, 0.6) is 0 Å². The Kier molecular flexibility index (Phi) is 4.96. The molecule has 2 heterocycles. The van der Waals surface area contributed by atoms with Gasteiger partial charge in [-0.1, -0.05) is 12.1 Å². The van der Waals surface area contributed by atoms with Gasteiger partial charge in [-0.15, -0.1) is 0 Å². The standard InChI is InChI=1S/C18H20N4O/c19-11-14-1-3-16(4-2-14)18(23)13-22-9-5-15(6-10-22)17-12-20-7-8-21-17/h1-4,7-8,12,15,18,23H,5-6,9-10,13H2. The highest BCUT2D eigenvalue weighted by Gasteiger charge is 2.23. The molecule has 23 heavy (non-hydrogen) atoms. The van der Waals surface area contributed by atoms with Crippen molar-refractivity contribution in [1.29, 1.82) is 5.26 Å². The predicted octanol–water partition coefficient (Wildman–Crippen LogP) is 2.26. The Morgan fingerprint density at radius 3 is 2.57 bits per heavy atom. The Balaban J connectivity index is 1.53. The smallest absolute Gasteiger partial charge is 0.0991 e. The lowest BCUT2D eigenvalue weighted by Gasteiger charge is -2.32. The van der Waals surface area contributed by atoms with Crippen molar-refractivity contribution in [2.24, 2.45) is 0 Å². The Hall–Kier alpha value is -2.29. The molecule has 1 aliphatic heterocycles. The van der Waals surface area contributed by atoms with Crippen molar-refractivity contribution >= 4 is 0 Å². The van der Waals surface area contributed by atoms with Crippen LogP contribution in [0.1, 0.15) is 41.7 Å². The molecule has 1 aliphatic rings. The number of aliphatic hydroxyl groups excluding tert-OH is 1. The van der Waals surface area contributed by atoms with Crippen molar-refractivity contribution < 1.29 is 5.11 Å². The van der Waals surface area contributed by atoms with Crippen molar-refractivity contribution in [3.63, 3.8) is 0 Å². The van der Waals surface area contributed by atoms with E-state index in [0.717, 1.165) is 37.2 Å². The van der Waals surface area contributed by atoms with E-state index in [1.807, 2.05) is 18.3 Å². The van der Waals surface area contributed by atoms with Gasteiger partial charge in [0.15, 0.2) is 0 Å². The van der Waals surface area contributed by atoms with Gasteiger partial charge in [0, 0.05) is 31.1 Å². The monoisotopic (exact) mass is 308 g/mol. The number of benzene rings is 1. The molecule has 0 radical (unpaired) electrons. The van der Waals surface area contributed by atoms with E-state index in [-0.39, 0.29) is 0 Å². The first-order valence-corrected chi connectivity index (χ1v) is 7.92. The molecule has 1 atom stereocenters. The molecule has 0 amide bonds. The van der Waals surface area contributed by atoms with Crippen LogP contribution in [-0.2, 0) is 0 Å². The zero-order chi connectivity index (χ0) is 16.1. The van der Waals surface area contributed by atoms with Crippen molar-refractivity contribution in [2.45, 2.75) is 24.9 Å². The lowest BCUT2D eigenvalue weighted by Crippen LogP contribution is -2.36. The Bertz CT molecular complexity index is 658. The number of nitrogens with zero attached hydrogens (tertiary/aromatic N) is 4. The van der Waals surface area contributed by atoms with E-state index >= 15 is 0 Å². The van der Waals surface area contributed by atoms with Crippen molar-refractivity contribution in [3.8, 4) is 6.07 Å². The number of hydrogen-bond acceptors (Lipinski definition) is 5. The summed E-state index contributed by atoms with van der Waals surface area (Å²) in [5, 5.41) is 19.2. The van der Waals surface area contributed by atoms with Crippen LogP contribution >= 0.6 is 0 Å². The molecule has 1 unspecified atom stereocenters. The number of β-amino-alcohol motifs (C(OH)–C–C–N with tert-alkyl or cyclic N) is 1. The van der Waals surface area contributed by atoms with E-state index in [1.165, 1.54) is 0 Å². The van der Waals surface area contributed by atoms with E-state index in [0.29, 0.717) is 18.0 Å². The Morgan fingerprint density at radius 1 is 1.22 bits per heavy atom. The van der Waals surface area contributed by atoms with Crippen molar-refractivity contribution in [1.82, 2.24) is 14.9 Å². The summed E-state index contributed by atoms with van der Waals surface area (Å²) in [6.07, 6.45) is 6.86. The molecule has 1 N–H and O–H groups in total. The zero-order valence-electron chi connectivity index (χ0n) is 13.0. The third kappa shape index (κ3) is 3.92. The van der Waals surface area contributed by atoms with Gasteiger partial charge < -0.3 is 10.0 Å². The fourth-order valence-corrected chi connectivity index (χ4v) is 3.06. The highest BCUT2D eigenvalue weighted by Crippen LogP contribution is 2.27. The molecule has 0 spiro atoms. The minimum atomic E-state index is -0.518. The average Bonchev–Trinajstić information content (AvgIpc) is 2.63. The van der Waals surface area contributed by atoms with Gasteiger partial charge in [-0.3, -0.25) is 9.97 Å². The lowest BCUT2D eigenvalue weighted by molar-refractivity contribution is 0.0969. The fourth-order valence-electron chi connectivity index (χ4n) is 3.06. The van der Waals surface area contributed by atoms with Crippen LogP contribution in [0, 0.1) is 11.3 Å². The summed E-state index contributed by atoms with van der Waals surface area (Å²) in [7, 11) is 0. The third-order valence-electron chi connectivity index (χ3n) is 4.44. The van der Waals surface area contributed by atoms with Crippen LogP contribution in [0.3, 0.4) is 0 Å². The summed E-state index contributed by atoms with van der Waals surface area (Å²) in [5.74, 6) is 0.465. The van der Waals surface area contributed by atoms with E-state index in [4.69, 9.17) is 5.26 Å². The minimum absolute atomic E-state index is 0.465. The van der Waals surface area contributed by atoms with Crippen molar-refractivity contribution in [2.75, 3.05) is 19.6 Å². The first-order chi connectivity index (χ1) is 11.3. The van der Waals surface area contributed by atoms with Gasteiger partial charge in [0.1, 0.15) is 0 Å². The maximum absolute atomic E-state index is 10.4. The van der Waals surface area contributed by atoms with Gasteiger partial charge in [-0.05, 0) is 43.6 Å². The summed E-state index contributed by atoms with van der Waals surface area (Å²) >= 11 is 0. The maximum Gasteiger partial charge on any atom is 0.0991 e. The minimum Gasteiger partial charge on any atom is -0.387 e. The van der Waals surface area contributed by atoms with E-state index in [9.17, 15) is 5.11 Å². The highest BCUT2D eigenvalue weighted by molar-refractivity contribution is 5.32. The van der Waals surface area contributed by atoms with Crippen molar-refractivity contribution in [3.05, 3.63) is 59.7 Å². The molecular formula is C18H20N4O. The molecular weight excluding hydrogens is 288 g/mol. The summed E-state index contributed by atoms with van der Waals surface area (Å²) in [5.41, 5.74) is 2.55. The summed E-state index contributed by atoms with van der Waals surface area (Å²) < 4.78 is 0. The van der Waals surface area contributed by atoms with Crippen LogP contribution in [0.2, 0.25) is 0 Å². The predicted molar refractivity (Wildman–Crippen MR) is 86.6 cm³/mol. The Labute approximate surface area is 136 Å². The van der Waals surface area contributed by atoms with Gasteiger partial charge in [0.2, 0.25) is 0 Å². The second-order valence-electron chi connectivity index (χ2n) is 5.95. The van der Waals surface area contributed by atoms with Crippen LogP contribution in [0.25, 0.3) is 0 Å². The number of likely N-dealkylation sites (tertiary alicyclic amines) is 1. The quantitative estimate of drug-likeness (QED) is 0.938. The molecule has 1 fully saturated rings. The number of rotatable bonds is 4. The summed E-state index contributed by atoms with van der Waals surface area (Å²) in [6.45, 7) is 2.53. The maximum atomic E-state index is 10.4. The lowest BCUT2D eigenvalue weighted by atomic mass is 9.93. The first-order valence-electron chi connectivity index (χ1n) is 7.92. The van der Waals surface area contributed by atoms with Crippen LogP contribution in [0.4, 0.5) is 0 Å². The van der Waals surface area contributed by atoms with Gasteiger partial charge in [0.25, 0.3) is 0 Å². The molecule has 1 saturated heterocycles. The molecule has 5 nitrogen and oxygen atoms in total. The molecule has 0 saturated carbocycles. The molecule has 1 aromatic heterocycles. The number of piperidine rings is 1. The molecule has 3 rings (SSSR count). The summed E-state index contributed by atoms with van der Waals surface area (Å²) in [4.78, 5) is 10.8. The topological polar surface area (TPSA) is 73.0 Å². The van der Waals surface area contributed by atoms with E-state index < -0.39 is 6.10 Å². The molecule has 5 heteroatoms. The summed E-state index contributed by atoms with van der Waals surface area (Å²) in [6, 6.07) is 9.25. The van der Waals surface area contributed by atoms with E-state index in [1.54, 1.807) is 24.5 Å². The first kappa shape index (κ1) is 15.6. The molecule has 0 bridgehead atoms. The molecule has 2 aromatic rings. The highest BCUT2D eigenvalue weighted by atomic mass is 16.3. The number of aromatic nitrogens is 2. The van der Waals surface area contributed by atoms with Crippen LogP contribution in [-0.4, -0.2) is 39.6 Å². The zero-order valence-corrected chi connectivity index (χ0v) is 13.0. The van der Waals surface area contributed by atoms with Crippen LogP contribution < -0.4 is 0 Å². The SMILES string of the molecule is N#Cc1ccc(C(O)CN2CCC(c3cnccn3)CC2)cc1. The molecule has 1 aromatic carbocycles. The number of aliphatic hydroxyl groups is 1. The number of nitriles is 1. The van der Waals surface area contributed by atoms with Gasteiger partial charge in [-0.2, -0.15) is 5.26 Å². The normalized spacial score (nSPS) is 17.6. The fraction of sp³-hybridized carbons (Fsp3) is 0.389. The number of hydrogen-bond donors (Lipinski definition) is 1. The van der Waals surface area contributed by atoms with E-state index in [2.05, 4.69) is 20.9 Å². The molecule has 118 valence electrons. The van der Waals surface area contributed by atoms with Crippen LogP contribution in [0.15, 0.2) is 42.9 Å². The largest absolute Gasteiger partial charge is 0.387 e. The van der Waals surface area contributed by atoms with Gasteiger partial charge >= 0.3 is 0 Å². The average molecular weight is 308 g/mol. The molecule has 0 aliphatic carbocycles. The second kappa shape index (κ2) is 7.32. The third-order valence-corrected chi connectivity index (χ3v) is 4.44. The van der Waals surface area contributed by atoms with Gasteiger partial charge in [-0.25, -0.2) is 0 Å².